The first-order valence-corrected chi connectivity index (χ1v) is 7.89. The average molecular weight is 214 g/mol. The van der Waals surface area contributed by atoms with Gasteiger partial charge >= 0.3 is 52.9 Å². The van der Waals surface area contributed by atoms with E-state index in [1.165, 1.54) is 19.2 Å². The molecule has 0 heterocycles. The number of hydrogen-bond acceptors (Lipinski definition) is 2. The maximum atomic E-state index is 5.22. The zero-order chi connectivity index (χ0) is 4.12. The van der Waals surface area contributed by atoms with Crippen molar-refractivity contribution >= 4 is 52.9 Å². The van der Waals surface area contributed by atoms with Gasteiger partial charge in [0.2, 0.25) is 0 Å². The Morgan fingerprint density at radius 1 is 1.60 bits per heavy atom. The van der Waals surface area contributed by atoms with Crippen LogP contribution in [-0.4, -0.2) is 12.9 Å². The van der Waals surface area contributed by atoms with Gasteiger partial charge in [-0.1, -0.05) is 0 Å². The molecule has 0 aromatic rings. The molecule has 5 heteroatoms. The summed E-state index contributed by atoms with van der Waals surface area (Å²) < 4.78 is 0. The van der Waals surface area contributed by atoms with Crippen molar-refractivity contribution < 1.29 is 0 Å². The van der Waals surface area contributed by atoms with Crippen LogP contribution in [0.25, 0.3) is 0 Å². The summed E-state index contributed by atoms with van der Waals surface area (Å²) in [6.07, 6.45) is 0. The van der Waals surface area contributed by atoms with Gasteiger partial charge in [-0.05, 0) is 0 Å². The molecule has 0 atom stereocenters. The molecule has 0 aromatic carbocycles. The van der Waals surface area contributed by atoms with Crippen molar-refractivity contribution in [3.63, 3.8) is 0 Å². The summed E-state index contributed by atoms with van der Waals surface area (Å²) in [4.78, 5) is 0. The molecule has 0 fully saturated rings. The summed E-state index contributed by atoms with van der Waals surface area (Å²) >= 11 is 0.145. The topological polar surface area (TPSA) is 0 Å². The molecular weight excluding hydrogens is 214 g/mol. The van der Waals surface area contributed by atoms with Crippen LogP contribution >= 0.6 is 40.0 Å². The van der Waals surface area contributed by atoms with E-state index in [0.29, 0.717) is 0 Å². The minimum atomic E-state index is 0.145. The fraction of sp³-hybridized carbons (Fsp3) is 0. The first kappa shape index (κ1) is 6.80. The molecule has 0 unspecified atom stereocenters. The Morgan fingerprint density at radius 2 is 2.20 bits per heavy atom. The average Bonchev–Trinajstić information content (AvgIpc) is 1.41. The molecule has 0 rings (SSSR count). The van der Waals surface area contributed by atoms with Gasteiger partial charge in [0, 0.05) is 0 Å². The van der Waals surface area contributed by atoms with Crippen LogP contribution in [0, 0.1) is 0 Å². The predicted octanol–water partition coefficient (Wildman–Crippen LogP) is 2.29. The fourth-order valence-electron chi connectivity index (χ4n) is 0.00972. The van der Waals surface area contributed by atoms with Crippen LogP contribution in [0.3, 0.4) is 0 Å². The van der Waals surface area contributed by atoms with E-state index in [9.17, 15) is 0 Å². The van der Waals surface area contributed by atoms with Gasteiger partial charge in [0.15, 0.2) is 0 Å². The summed E-state index contributed by atoms with van der Waals surface area (Å²) in [5, 5.41) is 0. The number of halogens is 2. The molecule has 0 nitrogen and oxygen atoms in total. The van der Waals surface area contributed by atoms with E-state index in [0.717, 1.165) is 0 Å². The normalized spacial score (nSPS) is 8.40. The van der Waals surface area contributed by atoms with E-state index >= 15 is 0 Å². The summed E-state index contributed by atoms with van der Waals surface area (Å²) in [6, 6.07) is 0. The van der Waals surface area contributed by atoms with Crippen molar-refractivity contribution in [2.24, 2.45) is 0 Å². The molecule has 0 aliphatic carbocycles. The second kappa shape index (κ2) is 5.80. The molecule has 5 heavy (non-hydrogen) atoms. The first-order chi connectivity index (χ1) is 2.41. The Kier molecular flexibility index (Phi) is 7.89. The Balaban J connectivity index is 2.19. The van der Waals surface area contributed by atoms with Crippen LogP contribution in [0.15, 0.2) is 0 Å². The monoisotopic (exact) mass is 214 g/mol. The molecule has 0 aliphatic rings. The quantitative estimate of drug-likeness (QED) is 0.510. The van der Waals surface area contributed by atoms with Gasteiger partial charge in [0.05, 0.1) is 0 Å². The Bertz CT molecular complexity index is 15.1. The minimum absolute atomic E-state index is 0.145. The molecule has 0 N–H and O–H groups in total. The van der Waals surface area contributed by atoms with Gasteiger partial charge in [-0.2, -0.15) is 0 Å². The molecule has 0 saturated carbocycles. The van der Waals surface area contributed by atoms with Gasteiger partial charge in [0.25, 0.3) is 0 Å². The predicted molar refractivity (Wildman–Crippen MR) is 32.6 cm³/mol. The molecule has 0 aromatic heterocycles. The number of hydrogen-bond donors (Lipinski definition) is 0. The third kappa shape index (κ3) is 5.80. The Morgan fingerprint density at radius 3 is 2.20 bits per heavy atom. The van der Waals surface area contributed by atoms with Gasteiger partial charge in [-0.3, -0.25) is 0 Å². The molecule has 0 bridgehead atoms. The third-order valence-electron chi connectivity index (χ3n) is 0.0514. The SMILES string of the molecule is ClSS[Se]Cl. The van der Waals surface area contributed by atoms with E-state index in [4.69, 9.17) is 20.8 Å². The van der Waals surface area contributed by atoms with E-state index in [2.05, 4.69) is 0 Å². The van der Waals surface area contributed by atoms with Crippen molar-refractivity contribution in [1.29, 1.82) is 0 Å². The van der Waals surface area contributed by atoms with E-state index in [1.807, 2.05) is 0 Å². The van der Waals surface area contributed by atoms with E-state index in [1.54, 1.807) is 0 Å². The van der Waals surface area contributed by atoms with Crippen LogP contribution in [0.1, 0.15) is 0 Å². The van der Waals surface area contributed by atoms with Gasteiger partial charge in [0.1, 0.15) is 0 Å². The molecule has 0 spiro atoms. The second-order valence-electron chi connectivity index (χ2n) is 0.194. The van der Waals surface area contributed by atoms with Gasteiger partial charge in [-0.15, -0.1) is 0 Å². The van der Waals surface area contributed by atoms with Crippen LogP contribution in [0.2, 0.25) is 0 Å². The zero-order valence-corrected chi connectivity index (χ0v) is 6.84. The van der Waals surface area contributed by atoms with Crippen LogP contribution in [-0.2, 0) is 0 Å². The van der Waals surface area contributed by atoms with Crippen molar-refractivity contribution in [2.75, 3.05) is 0 Å². The molecule has 0 amide bonds. The molecule has 0 aliphatic heterocycles. The van der Waals surface area contributed by atoms with E-state index < -0.39 is 0 Å². The van der Waals surface area contributed by atoms with Crippen molar-refractivity contribution in [2.45, 2.75) is 0 Å². The molecule has 32 valence electrons. The van der Waals surface area contributed by atoms with E-state index in [-0.39, 0.29) is 12.9 Å². The van der Waals surface area contributed by atoms with Gasteiger partial charge in [-0.25, -0.2) is 0 Å². The van der Waals surface area contributed by atoms with Gasteiger partial charge < -0.3 is 0 Å². The molecule has 0 radical (unpaired) electrons. The molecule has 0 saturated heterocycles. The Hall–Kier alpha value is 1.80. The van der Waals surface area contributed by atoms with Crippen molar-refractivity contribution in [3.8, 4) is 0 Å². The summed E-state index contributed by atoms with van der Waals surface area (Å²) in [7, 11) is 13.0. The van der Waals surface area contributed by atoms with Crippen molar-refractivity contribution in [1.82, 2.24) is 0 Å². The third-order valence-corrected chi connectivity index (χ3v) is 7.22. The summed E-state index contributed by atoms with van der Waals surface area (Å²) in [6.45, 7) is 0. The summed E-state index contributed by atoms with van der Waals surface area (Å²) in [5.74, 6) is 0. The first-order valence-electron chi connectivity index (χ1n) is 0.642. The van der Waals surface area contributed by atoms with Crippen LogP contribution < -0.4 is 0 Å². The van der Waals surface area contributed by atoms with Crippen LogP contribution in [0.4, 0.5) is 0 Å². The molecular formula is Cl2S2Se. The van der Waals surface area contributed by atoms with Crippen molar-refractivity contribution in [3.05, 3.63) is 0 Å². The Labute approximate surface area is 52.7 Å². The van der Waals surface area contributed by atoms with Crippen LogP contribution in [0.5, 0.6) is 0 Å². The second-order valence-corrected chi connectivity index (χ2v) is 7.83. The summed E-state index contributed by atoms with van der Waals surface area (Å²) in [5.41, 5.74) is 0. The fourth-order valence-corrected chi connectivity index (χ4v) is 4.09. The zero-order valence-electron chi connectivity index (χ0n) is 1.98. The maximum absolute atomic E-state index is 5.22. The standard InChI is InChI=1S/Cl2S2Se/c1-3-4-5-2. The number of rotatable bonds is 2.